The molecule has 3 aromatic heterocycles. The number of hydrogen-bond acceptors (Lipinski definition) is 8. The summed E-state index contributed by atoms with van der Waals surface area (Å²) in [4.78, 5) is 30.0. The van der Waals surface area contributed by atoms with E-state index in [1.807, 2.05) is 12.4 Å². The van der Waals surface area contributed by atoms with Crippen molar-refractivity contribution in [3.05, 3.63) is 76.6 Å². The molecule has 0 amide bonds. The number of halogens is 1. The van der Waals surface area contributed by atoms with Gasteiger partial charge in [-0.15, -0.1) is 0 Å². The Morgan fingerprint density at radius 2 is 1.89 bits per heavy atom. The van der Waals surface area contributed by atoms with E-state index in [1.165, 1.54) is 25.5 Å². The SMILES string of the molecule is CCc1cnc(N2CCN(c3ncc(-c4ccc(-n5cnn(C)c5=O)c(F)c4)cc3C#N)C(C)C2)nc1. The maximum Gasteiger partial charge on any atom is 0.350 e. The fraction of sp³-hybridized carbons (Fsp3) is 0.308. The average molecular weight is 500 g/mol. The van der Waals surface area contributed by atoms with E-state index in [4.69, 9.17) is 0 Å². The van der Waals surface area contributed by atoms with Crippen LogP contribution in [-0.2, 0) is 13.5 Å². The van der Waals surface area contributed by atoms with E-state index in [-0.39, 0.29) is 11.7 Å². The zero-order chi connectivity index (χ0) is 26.1. The van der Waals surface area contributed by atoms with Gasteiger partial charge in [0.1, 0.15) is 24.0 Å². The number of aromatic nitrogens is 6. The fourth-order valence-electron chi connectivity index (χ4n) is 4.51. The van der Waals surface area contributed by atoms with Gasteiger partial charge in [0.2, 0.25) is 5.95 Å². The lowest BCUT2D eigenvalue weighted by Crippen LogP contribution is -2.53. The molecule has 1 aliphatic rings. The minimum absolute atomic E-state index is 0.0724. The minimum atomic E-state index is -0.575. The lowest BCUT2D eigenvalue weighted by atomic mass is 10.0. The summed E-state index contributed by atoms with van der Waals surface area (Å²) in [5, 5.41) is 13.8. The fourth-order valence-corrected chi connectivity index (χ4v) is 4.51. The zero-order valence-corrected chi connectivity index (χ0v) is 20.8. The van der Waals surface area contributed by atoms with E-state index in [0.29, 0.717) is 48.1 Å². The second-order valence-corrected chi connectivity index (χ2v) is 9.01. The van der Waals surface area contributed by atoms with Crippen LogP contribution in [0.25, 0.3) is 16.8 Å². The molecule has 1 atom stereocenters. The summed E-state index contributed by atoms with van der Waals surface area (Å²) in [6.07, 6.45) is 7.53. The highest BCUT2D eigenvalue weighted by molar-refractivity contribution is 5.69. The van der Waals surface area contributed by atoms with Gasteiger partial charge >= 0.3 is 5.69 Å². The summed E-state index contributed by atoms with van der Waals surface area (Å²) < 4.78 is 17.2. The predicted molar refractivity (Wildman–Crippen MR) is 137 cm³/mol. The summed E-state index contributed by atoms with van der Waals surface area (Å²) in [5.41, 5.74) is 2.34. The molecular weight excluding hydrogens is 473 g/mol. The van der Waals surface area contributed by atoms with Crippen molar-refractivity contribution in [3.8, 4) is 22.9 Å². The number of rotatable bonds is 5. The van der Waals surface area contributed by atoms with Gasteiger partial charge in [0.25, 0.3) is 0 Å². The third kappa shape index (κ3) is 4.53. The Labute approximate surface area is 213 Å². The van der Waals surface area contributed by atoms with Crippen molar-refractivity contribution in [2.24, 2.45) is 7.05 Å². The first kappa shape index (κ1) is 24.1. The Kier molecular flexibility index (Phi) is 6.40. The molecule has 1 saturated heterocycles. The molecule has 0 N–H and O–H groups in total. The number of nitrogens with zero attached hydrogens (tertiary/aromatic N) is 9. The number of pyridine rings is 1. The monoisotopic (exact) mass is 499 g/mol. The zero-order valence-electron chi connectivity index (χ0n) is 20.8. The number of nitriles is 1. The van der Waals surface area contributed by atoms with E-state index in [0.717, 1.165) is 21.2 Å². The third-order valence-electron chi connectivity index (χ3n) is 6.63. The quantitative estimate of drug-likeness (QED) is 0.412. The summed E-state index contributed by atoms with van der Waals surface area (Å²) in [7, 11) is 1.50. The summed E-state index contributed by atoms with van der Waals surface area (Å²) in [6, 6.07) is 8.59. The van der Waals surface area contributed by atoms with E-state index >= 15 is 0 Å². The Morgan fingerprint density at radius 1 is 1.11 bits per heavy atom. The molecule has 0 spiro atoms. The minimum Gasteiger partial charge on any atom is -0.349 e. The van der Waals surface area contributed by atoms with Crippen molar-refractivity contribution in [1.82, 2.24) is 29.3 Å². The standard InChI is InChI=1S/C26H26FN9O/c1-4-18-12-30-25(31-13-18)34-7-8-35(17(2)15-34)24-20(11-28)9-21(14-29-24)19-5-6-23(22(27)10-19)36-16-32-33(3)26(36)37/h5-6,9-10,12-14,16-17H,4,7-8,15H2,1-3H3. The molecule has 1 fully saturated rings. The van der Waals surface area contributed by atoms with Crippen LogP contribution in [0.5, 0.6) is 0 Å². The van der Waals surface area contributed by atoms with Crippen LogP contribution in [0.4, 0.5) is 16.2 Å². The normalized spacial score (nSPS) is 15.6. The topological polar surface area (TPSA) is 109 Å². The lowest BCUT2D eigenvalue weighted by Gasteiger charge is -2.40. The Balaban J connectivity index is 1.37. The molecule has 188 valence electrons. The Hall–Kier alpha value is -4.59. The van der Waals surface area contributed by atoms with Crippen molar-refractivity contribution in [2.45, 2.75) is 26.3 Å². The number of aryl methyl sites for hydroxylation is 2. The molecule has 37 heavy (non-hydrogen) atoms. The molecule has 1 unspecified atom stereocenters. The number of piperazine rings is 1. The van der Waals surface area contributed by atoms with Crippen molar-refractivity contribution in [1.29, 1.82) is 5.26 Å². The molecule has 0 saturated carbocycles. The summed E-state index contributed by atoms with van der Waals surface area (Å²) >= 11 is 0. The molecule has 4 heterocycles. The van der Waals surface area contributed by atoms with Gasteiger partial charge < -0.3 is 9.80 Å². The summed E-state index contributed by atoms with van der Waals surface area (Å²) in [6.45, 7) is 6.20. The van der Waals surface area contributed by atoms with Crippen LogP contribution in [0.15, 0.2) is 54.0 Å². The van der Waals surface area contributed by atoms with E-state index < -0.39 is 11.5 Å². The Morgan fingerprint density at radius 3 is 2.51 bits per heavy atom. The molecule has 0 bridgehead atoms. The van der Waals surface area contributed by atoms with Crippen LogP contribution in [-0.4, -0.2) is 55.0 Å². The van der Waals surface area contributed by atoms with Crippen LogP contribution in [0, 0.1) is 17.1 Å². The third-order valence-corrected chi connectivity index (χ3v) is 6.63. The average Bonchev–Trinajstić information content (AvgIpc) is 3.25. The maximum absolute atomic E-state index is 14.9. The second-order valence-electron chi connectivity index (χ2n) is 9.01. The van der Waals surface area contributed by atoms with Gasteiger partial charge in [-0.1, -0.05) is 13.0 Å². The second kappa shape index (κ2) is 9.81. The van der Waals surface area contributed by atoms with Gasteiger partial charge in [-0.2, -0.15) is 10.4 Å². The van der Waals surface area contributed by atoms with Gasteiger partial charge in [0, 0.05) is 56.9 Å². The van der Waals surface area contributed by atoms with E-state index in [1.54, 1.807) is 18.3 Å². The van der Waals surface area contributed by atoms with Crippen LogP contribution in [0.3, 0.4) is 0 Å². The first-order valence-electron chi connectivity index (χ1n) is 12.0. The van der Waals surface area contributed by atoms with E-state index in [9.17, 15) is 14.4 Å². The highest BCUT2D eigenvalue weighted by Crippen LogP contribution is 2.29. The predicted octanol–water partition coefficient (Wildman–Crippen LogP) is 2.71. The number of hydrogen-bond donors (Lipinski definition) is 0. The van der Waals surface area contributed by atoms with Gasteiger partial charge in [-0.25, -0.2) is 33.4 Å². The van der Waals surface area contributed by atoms with Crippen molar-refractivity contribution < 1.29 is 4.39 Å². The first-order valence-corrected chi connectivity index (χ1v) is 12.0. The van der Waals surface area contributed by atoms with Gasteiger partial charge in [0.15, 0.2) is 0 Å². The van der Waals surface area contributed by atoms with Crippen LogP contribution in [0.2, 0.25) is 0 Å². The summed E-state index contributed by atoms with van der Waals surface area (Å²) in [5.74, 6) is 0.723. The molecule has 1 aliphatic heterocycles. The molecule has 0 radical (unpaired) electrons. The first-order chi connectivity index (χ1) is 17.9. The highest BCUT2D eigenvalue weighted by atomic mass is 19.1. The van der Waals surface area contributed by atoms with E-state index in [2.05, 4.69) is 49.8 Å². The molecule has 0 aliphatic carbocycles. The molecule has 1 aromatic carbocycles. The molecule has 5 rings (SSSR count). The molecular formula is C26H26FN9O. The van der Waals surface area contributed by atoms with Crippen molar-refractivity contribution in [2.75, 3.05) is 29.4 Å². The molecule has 4 aromatic rings. The van der Waals surface area contributed by atoms with Gasteiger partial charge in [-0.3, -0.25) is 0 Å². The largest absolute Gasteiger partial charge is 0.350 e. The smallest absolute Gasteiger partial charge is 0.349 e. The van der Waals surface area contributed by atoms with Crippen LogP contribution in [0.1, 0.15) is 25.0 Å². The Bertz CT molecular complexity index is 1540. The highest BCUT2D eigenvalue weighted by Gasteiger charge is 2.28. The van der Waals surface area contributed by atoms with Gasteiger partial charge in [0.05, 0.1) is 11.3 Å². The van der Waals surface area contributed by atoms with Crippen molar-refractivity contribution >= 4 is 11.8 Å². The van der Waals surface area contributed by atoms with Crippen LogP contribution >= 0.6 is 0 Å². The number of benzene rings is 1. The van der Waals surface area contributed by atoms with Gasteiger partial charge in [-0.05, 0) is 42.7 Å². The number of anilines is 2. The lowest BCUT2D eigenvalue weighted by molar-refractivity contribution is 0.538. The molecule has 10 nitrogen and oxygen atoms in total. The van der Waals surface area contributed by atoms with Crippen LogP contribution < -0.4 is 15.5 Å². The molecule has 11 heteroatoms. The van der Waals surface area contributed by atoms with Crippen molar-refractivity contribution in [3.63, 3.8) is 0 Å². The maximum atomic E-state index is 14.9.